The first-order valence-corrected chi connectivity index (χ1v) is 6.50. The van der Waals surface area contributed by atoms with E-state index in [1.807, 2.05) is 6.07 Å². The Kier molecular flexibility index (Phi) is 3.45. The zero-order valence-corrected chi connectivity index (χ0v) is 11.5. The van der Waals surface area contributed by atoms with Crippen molar-refractivity contribution in [3.05, 3.63) is 46.2 Å². The third-order valence-corrected chi connectivity index (χ3v) is 3.52. The highest BCUT2D eigenvalue weighted by Crippen LogP contribution is 2.32. The number of rotatable bonds is 2. The van der Waals surface area contributed by atoms with E-state index in [2.05, 4.69) is 30.4 Å². The monoisotopic (exact) mass is 265 g/mol. The van der Waals surface area contributed by atoms with Gasteiger partial charge in [-0.25, -0.2) is 4.39 Å². The van der Waals surface area contributed by atoms with Crippen molar-refractivity contribution in [3.63, 3.8) is 0 Å². The molecule has 0 saturated heterocycles. The highest BCUT2D eigenvalue weighted by Gasteiger charge is 2.26. The van der Waals surface area contributed by atoms with Crippen LogP contribution in [0, 0.1) is 5.82 Å². The molecule has 2 aromatic rings. The summed E-state index contributed by atoms with van der Waals surface area (Å²) >= 11 is 1.28. The van der Waals surface area contributed by atoms with Gasteiger partial charge in [0.1, 0.15) is 5.82 Å². The molecule has 1 aromatic heterocycles. The summed E-state index contributed by atoms with van der Waals surface area (Å²) < 4.78 is 17.2. The van der Waals surface area contributed by atoms with Gasteiger partial charge in [-0.05, 0) is 29.2 Å². The standard InChI is InChI=1S/C13H16FN3S/c1-13(2,3)12-11(18-17-16-12)10(15)8-5-4-6-9(14)7-8/h4-7,10H,15H2,1-3H3. The molecule has 96 valence electrons. The van der Waals surface area contributed by atoms with Gasteiger partial charge in [0.25, 0.3) is 0 Å². The van der Waals surface area contributed by atoms with Gasteiger partial charge in [-0.2, -0.15) is 0 Å². The van der Waals surface area contributed by atoms with Gasteiger partial charge in [0.2, 0.25) is 0 Å². The van der Waals surface area contributed by atoms with Crippen LogP contribution in [-0.4, -0.2) is 9.59 Å². The molecule has 0 bridgehead atoms. The molecular formula is C13H16FN3S. The van der Waals surface area contributed by atoms with E-state index < -0.39 is 0 Å². The Labute approximate surface area is 110 Å². The Morgan fingerprint density at radius 3 is 2.67 bits per heavy atom. The third-order valence-electron chi connectivity index (χ3n) is 2.71. The number of benzene rings is 1. The SMILES string of the molecule is CC(C)(C)c1nnsc1C(N)c1cccc(F)c1. The zero-order chi connectivity index (χ0) is 13.3. The van der Waals surface area contributed by atoms with E-state index in [1.165, 1.54) is 23.7 Å². The molecule has 3 nitrogen and oxygen atoms in total. The molecule has 1 heterocycles. The number of hydrogen-bond acceptors (Lipinski definition) is 4. The lowest BCUT2D eigenvalue weighted by molar-refractivity contribution is 0.556. The van der Waals surface area contributed by atoms with Gasteiger partial charge in [0, 0.05) is 5.41 Å². The fourth-order valence-corrected chi connectivity index (χ4v) is 2.67. The van der Waals surface area contributed by atoms with Crippen LogP contribution in [-0.2, 0) is 5.41 Å². The van der Waals surface area contributed by atoms with Crippen molar-refractivity contribution in [3.8, 4) is 0 Å². The number of aromatic nitrogens is 2. The van der Waals surface area contributed by atoms with Gasteiger partial charge < -0.3 is 5.73 Å². The van der Waals surface area contributed by atoms with Gasteiger partial charge in [-0.15, -0.1) is 5.10 Å². The molecule has 2 rings (SSSR count). The van der Waals surface area contributed by atoms with E-state index in [-0.39, 0.29) is 17.3 Å². The van der Waals surface area contributed by atoms with E-state index >= 15 is 0 Å². The minimum Gasteiger partial charge on any atom is -0.319 e. The number of nitrogens with zero attached hydrogens (tertiary/aromatic N) is 2. The largest absolute Gasteiger partial charge is 0.319 e. The molecule has 0 spiro atoms. The maximum Gasteiger partial charge on any atom is 0.123 e. The topological polar surface area (TPSA) is 51.8 Å². The summed E-state index contributed by atoms with van der Waals surface area (Å²) in [6.07, 6.45) is 0. The minimum atomic E-state index is -0.380. The Morgan fingerprint density at radius 2 is 2.06 bits per heavy atom. The van der Waals surface area contributed by atoms with E-state index in [4.69, 9.17) is 5.73 Å². The van der Waals surface area contributed by atoms with Crippen molar-refractivity contribution in [1.29, 1.82) is 0 Å². The predicted octanol–water partition coefficient (Wildman–Crippen LogP) is 3.02. The second-order valence-electron chi connectivity index (χ2n) is 5.27. The average Bonchev–Trinajstić information content (AvgIpc) is 2.76. The normalized spacial score (nSPS) is 13.6. The van der Waals surface area contributed by atoms with E-state index in [0.29, 0.717) is 0 Å². The minimum absolute atomic E-state index is 0.118. The average molecular weight is 265 g/mol. The number of nitrogens with two attached hydrogens (primary N) is 1. The number of hydrogen-bond donors (Lipinski definition) is 1. The van der Waals surface area contributed by atoms with Crippen molar-refractivity contribution in [2.24, 2.45) is 5.73 Å². The van der Waals surface area contributed by atoms with Crippen molar-refractivity contribution >= 4 is 11.5 Å². The van der Waals surface area contributed by atoms with Gasteiger partial charge in [0.05, 0.1) is 16.6 Å². The van der Waals surface area contributed by atoms with E-state index in [9.17, 15) is 4.39 Å². The molecule has 0 saturated carbocycles. The van der Waals surface area contributed by atoms with E-state index in [0.717, 1.165) is 16.1 Å². The lowest BCUT2D eigenvalue weighted by atomic mass is 9.89. The molecule has 0 aliphatic rings. The molecule has 0 aliphatic heterocycles. The molecule has 18 heavy (non-hydrogen) atoms. The second kappa shape index (κ2) is 4.74. The lowest BCUT2D eigenvalue weighted by Crippen LogP contribution is -2.19. The smallest absolute Gasteiger partial charge is 0.123 e. The molecule has 1 atom stereocenters. The predicted molar refractivity (Wildman–Crippen MR) is 71.0 cm³/mol. The van der Waals surface area contributed by atoms with Crippen molar-refractivity contribution in [2.45, 2.75) is 32.2 Å². The molecular weight excluding hydrogens is 249 g/mol. The summed E-state index contributed by atoms with van der Waals surface area (Å²) in [4.78, 5) is 0.896. The maximum absolute atomic E-state index is 13.2. The highest BCUT2D eigenvalue weighted by molar-refractivity contribution is 7.05. The summed E-state index contributed by atoms with van der Waals surface area (Å²) in [5.41, 5.74) is 7.69. The van der Waals surface area contributed by atoms with Crippen LogP contribution in [0.15, 0.2) is 24.3 Å². The van der Waals surface area contributed by atoms with Gasteiger partial charge in [-0.3, -0.25) is 0 Å². The van der Waals surface area contributed by atoms with Crippen LogP contribution < -0.4 is 5.73 Å². The highest BCUT2D eigenvalue weighted by atomic mass is 32.1. The summed E-state index contributed by atoms with van der Waals surface area (Å²) in [5, 5.41) is 4.15. The lowest BCUT2D eigenvalue weighted by Gasteiger charge is -2.19. The molecule has 0 aliphatic carbocycles. The van der Waals surface area contributed by atoms with Crippen LogP contribution in [0.1, 0.15) is 42.9 Å². The summed E-state index contributed by atoms with van der Waals surface area (Å²) in [6, 6.07) is 5.97. The van der Waals surface area contributed by atoms with Gasteiger partial charge >= 0.3 is 0 Å². The second-order valence-corrected chi connectivity index (χ2v) is 6.05. The first-order chi connectivity index (χ1) is 8.39. The summed E-state index contributed by atoms with van der Waals surface area (Å²) in [6.45, 7) is 6.18. The third kappa shape index (κ3) is 2.57. The Bertz CT molecular complexity index is 545. The Morgan fingerprint density at radius 1 is 1.33 bits per heavy atom. The van der Waals surface area contributed by atoms with Gasteiger partial charge in [-0.1, -0.05) is 37.4 Å². The van der Waals surface area contributed by atoms with Crippen LogP contribution in [0.5, 0.6) is 0 Å². The van der Waals surface area contributed by atoms with Crippen molar-refractivity contribution in [1.82, 2.24) is 9.59 Å². The zero-order valence-electron chi connectivity index (χ0n) is 10.6. The van der Waals surface area contributed by atoms with E-state index in [1.54, 1.807) is 6.07 Å². The summed E-state index contributed by atoms with van der Waals surface area (Å²) in [7, 11) is 0. The fraction of sp³-hybridized carbons (Fsp3) is 0.385. The van der Waals surface area contributed by atoms with Crippen molar-refractivity contribution < 1.29 is 4.39 Å². The molecule has 0 radical (unpaired) electrons. The van der Waals surface area contributed by atoms with Crippen molar-refractivity contribution in [2.75, 3.05) is 0 Å². The molecule has 1 aromatic carbocycles. The molecule has 2 N–H and O–H groups in total. The van der Waals surface area contributed by atoms with Crippen LogP contribution >= 0.6 is 11.5 Å². The first kappa shape index (κ1) is 13.1. The summed E-state index contributed by atoms with van der Waals surface area (Å²) in [5.74, 6) is -0.280. The first-order valence-electron chi connectivity index (χ1n) is 5.73. The quantitative estimate of drug-likeness (QED) is 0.908. The Balaban J connectivity index is 2.41. The van der Waals surface area contributed by atoms with Crippen LogP contribution in [0.4, 0.5) is 4.39 Å². The van der Waals surface area contributed by atoms with Gasteiger partial charge in [0.15, 0.2) is 0 Å². The fourth-order valence-electron chi connectivity index (χ4n) is 1.77. The molecule has 0 fully saturated rings. The molecule has 5 heteroatoms. The number of halogens is 1. The van der Waals surface area contributed by atoms with Crippen LogP contribution in [0.3, 0.4) is 0 Å². The molecule has 0 amide bonds. The van der Waals surface area contributed by atoms with Crippen LogP contribution in [0.25, 0.3) is 0 Å². The maximum atomic E-state index is 13.2. The van der Waals surface area contributed by atoms with Crippen LogP contribution in [0.2, 0.25) is 0 Å². The Hall–Kier alpha value is -1.33. The molecule has 1 unspecified atom stereocenters.